The summed E-state index contributed by atoms with van der Waals surface area (Å²) < 4.78 is 0. The van der Waals surface area contributed by atoms with E-state index in [2.05, 4.69) is 27.7 Å². The monoisotopic (exact) mass is 396 g/mol. The standard InChI is InChI=1S/C22H28N4O3/c27-13-21(28)20-6-4-18(8-23-20)26-10-15-7-14(1-5-19(15)22(26)29)9-25-11-16-2-3-17(12-25)24-16/h1,5,7,13,16-18,20,23-24H,2-4,6,8-12H2. The van der Waals surface area contributed by atoms with E-state index in [0.717, 1.165) is 37.2 Å². The lowest BCUT2D eigenvalue weighted by Crippen LogP contribution is -2.52. The summed E-state index contributed by atoms with van der Waals surface area (Å²) in [4.78, 5) is 39.6. The van der Waals surface area contributed by atoms with Gasteiger partial charge < -0.3 is 15.5 Å². The second-order valence-corrected chi connectivity index (χ2v) is 8.97. The van der Waals surface area contributed by atoms with Gasteiger partial charge in [0.25, 0.3) is 5.91 Å². The molecule has 4 heterocycles. The average Bonchev–Trinajstić information content (AvgIpc) is 3.26. The first-order valence-electron chi connectivity index (χ1n) is 10.7. The number of carbonyl (C=O) groups excluding carboxylic acids is 3. The maximum atomic E-state index is 12.9. The number of hydrogen-bond donors (Lipinski definition) is 2. The summed E-state index contributed by atoms with van der Waals surface area (Å²) in [6.07, 6.45) is 4.29. The van der Waals surface area contributed by atoms with Crippen LogP contribution in [0.15, 0.2) is 18.2 Å². The molecule has 0 spiro atoms. The van der Waals surface area contributed by atoms with E-state index in [-0.39, 0.29) is 11.9 Å². The Kier molecular flexibility index (Phi) is 4.97. The molecule has 2 N–H and O–H groups in total. The summed E-state index contributed by atoms with van der Waals surface area (Å²) in [7, 11) is 0. The van der Waals surface area contributed by atoms with Crippen molar-refractivity contribution in [3.8, 4) is 0 Å². The molecule has 7 heteroatoms. The summed E-state index contributed by atoms with van der Waals surface area (Å²) in [5.74, 6) is -0.316. The van der Waals surface area contributed by atoms with Crippen molar-refractivity contribution in [2.24, 2.45) is 0 Å². The fourth-order valence-corrected chi connectivity index (χ4v) is 5.50. The number of piperazine rings is 1. The van der Waals surface area contributed by atoms with E-state index < -0.39 is 11.8 Å². The van der Waals surface area contributed by atoms with Crippen molar-refractivity contribution in [3.63, 3.8) is 0 Å². The maximum absolute atomic E-state index is 12.9. The van der Waals surface area contributed by atoms with Gasteiger partial charge in [-0.1, -0.05) is 12.1 Å². The van der Waals surface area contributed by atoms with Gasteiger partial charge in [0.1, 0.15) is 0 Å². The first kappa shape index (κ1) is 18.9. The largest absolute Gasteiger partial charge is 0.330 e. The highest BCUT2D eigenvalue weighted by molar-refractivity contribution is 6.27. The van der Waals surface area contributed by atoms with Gasteiger partial charge in [-0.3, -0.25) is 19.3 Å². The van der Waals surface area contributed by atoms with Crippen LogP contribution >= 0.6 is 0 Å². The zero-order chi connectivity index (χ0) is 20.0. The van der Waals surface area contributed by atoms with E-state index >= 15 is 0 Å². The number of piperidine rings is 1. The minimum Gasteiger partial charge on any atom is -0.330 e. The van der Waals surface area contributed by atoms with Crippen LogP contribution in [-0.2, 0) is 22.7 Å². The van der Waals surface area contributed by atoms with Crippen LogP contribution in [0.3, 0.4) is 0 Å². The number of likely N-dealkylation sites (tertiary alicyclic amines) is 1. The number of rotatable bonds is 5. The molecule has 4 unspecified atom stereocenters. The molecule has 154 valence electrons. The topological polar surface area (TPSA) is 81.8 Å². The first-order valence-corrected chi connectivity index (χ1v) is 10.7. The van der Waals surface area contributed by atoms with Gasteiger partial charge in [0.2, 0.25) is 5.78 Å². The Morgan fingerprint density at radius 2 is 1.93 bits per heavy atom. The molecule has 0 aromatic heterocycles. The number of hydrogen-bond acceptors (Lipinski definition) is 6. The molecule has 4 atom stereocenters. The molecule has 0 radical (unpaired) electrons. The molecule has 4 aliphatic rings. The van der Waals surface area contributed by atoms with Crippen molar-refractivity contribution < 1.29 is 14.4 Å². The van der Waals surface area contributed by atoms with Crippen LogP contribution in [0.2, 0.25) is 0 Å². The van der Waals surface area contributed by atoms with Crippen LogP contribution in [0.1, 0.15) is 47.2 Å². The maximum Gasteiger partial charge on any atom is 0.254 e. The van der Waals surface area contributed by atoms with Crippen molar-refractivity contribution >= 4 is 18.0 Å². The van der Waals surface area contributed by atoms with Gasteiger partial charge in [-0.2, -0.15) is 0 Å². The van der Waals surface area contributed by atoms with Crippen molar-refractivity contribution in [3.05, 3.63) is 34.9 Å². The van der Waals surface area contributed by atoms with Gasteiger partial charge in [0, 0.05) is 56.4 Å². The minimum absolute atomic E-state index is 0.0674. The highest BCUT2D eigenvalue weighted by Gasteiger charge is 2.36. The van der Waals surface area contributed by atoms with Crippen LogP contribution in [0, 0.1) is 0 Å². The van der Waals surface area contributed by atoms with E-state index in [0.29, 0.717) is 37.9 Å². The Labute approximate surface area is 170 Å². The number of amides is 1. The third-order valence-electron chi connectivity index (χ3n) is 6.99. The predicted octanol–water partition coefficient (Wildman–Crippen LogP) is 0.467. The molecule has 29 heavy (non-hydrogen) atoms. The molecule has 1 aromatic carbocycles. The van der Waals surface area contributed by atoms with Crippen LogP contribution in [-0.4, -0.2) is 71.6 Å². The number of benzene rings is 1. The van der Waals surface area contributed by atoms with Gasteiger partial charge in [-0.05, 0) is 42.9 Å². The number of fused-ring (bicyclic) bond motifs is 3. The summed E-state index contributed by atoms with van der Waals surface area (Å²) in [6, 6.07) is 7.22. The second kappa shape index (κ2) is 7.63. The molecule has 1 amide bonds. The third-order valence-corrected chi connectivity index (χ3v) is 6.99. The van der Waals surface area contributed by atoms with Crippen molar-refractivity contribution in [2.45, 2.75) is 62.9 Å². The lowest BCUT2D eigenvalue weighted by molar-refractivity contribution is -0.131. The summed E-state index contributed by atoms with van der Waals surface area (Å²) >= 11 is 0. The minimum atomic E-state index is -0.398. The molecule has 4 aliphatic heterocycles. The molecule has 0 saturated carbocycles. The Hall–Kier alpha value is -2.09. The number of aldehydes is 1. The van der Waals surface area contributed by atoms with E-state index in [1.165, 1.54) is 18.4 Å². The van der Waals surface area contributed by atoms with E-state index in [1.807, 2.05) is 11.0 Å². The smallest absolute Gasteiger partial charge is 0.254 e. The molecule has 7 nitrogen and oxygen atoms in total. The highest BCUT2D eigenvalue weighted by Crippen LogP contribution is 2.29. The summed E-state index contributed by atoms with van der Waals surface area (Å²) in [6.45, 7) is 4.34. The SMILES string of the molecule is O=CC(=O)C1CCC(N2Cc3cc(CN4CC5CCC(C4)N5)ccc3C2=O)CN1. The van der Waals surface area contributed by atoms with Gasteiger partial charge >= 0.3 is 0 Å². The molecular formula is C22H28N4O3. The molecular weight excluding hydrogens is 368 g/mol. The Balaban J connectivity index is 1.23. The predicted molar refractivity (Wildman–Crippen MR) is 107 cm³/mol. The van der Waals surface area contributed by atoms with E-state index in [9.17, 15) is 14.4 Å². The molecule has 3 saturated heterocycles. The van der Waals surface area contributed by atoms with E-state index in [4.69, 9.17) is 0 Å². The van der Waals surface area contributed by atoms with Crippen molar-refractivity contribution in [1.82, 2.24) is 20.4 Å². The number of ketones is 1. The van der Waals surface area contributed by atoms with Gasteiger partial charge in [0.05, 0.1) is 6.04 Å². The van der Waals surface area contributed by atoms with Crippen LogP contribution in [0.5, 0.6) is 0 Å². The average molecular weight is 396 g/mol. The van der Waals surface area contributed by atoms with Crippen molar-refractivity contribution in [2.75, 3.05) is 19.6 Å². The normalized spacial score (nSPS) is 31.7. The van der Waals surface area contributed by atoms with Gasteiger partial charge in [0.15, 0.2) is 6.29 Å². The number of carbonyl (C=O) groups is 3. The molecule has 3 fully saturated rings. The van der Waals surface area contributed by atoms with Crippen LogP contribution in [0.25, 0.3) is 0 Å². The Morgan fingerprint density at radius 1 is 1.14 bits per heavy atom. The fourth-order valence-electron chi connectivity index (χ4n) is 5.50. The molecule has 0 aliphatic carbocycles. The Bertz CT molecular complexity index is 821. The number of nitrogens with zero attached hydrogens (tertiary/aromatic N) is 2. The molecule has 1 aromatic rings. The second-order valence-electron chi connectivity index (χ2n) is 8.97. The summed E-state index contributed by atoms with van der Waals surface area (Å²) in [5, 5.41) is 6.81. The van der Waals surface area contributed by atoms with Crippen LogP contribution in [0.4, 0.5) is 0 Å². The lowest BCUT2D eigenvalue weighted by atomic mass is 9.97. The third kappa shape index (κ3) is 3.63. The summed E-state index contributed by atoms with van der Waals surface area (Å²) in [5.41, 5.74) is 3.19. The fraction of sp³-hybridized carbons (Fsp3) is 0.591. The van der Waals surface area contributed by atoms with Crippen molar-refractivity contribution in [1.29, 1.82) is 0 Å². The van der Waals surface area contributed by atoms with Gasteiger partial charge in [-0.25, -0.2) is 0 Å². The Morgan fingerprint density at radius 3 is 2.62 bits per heavy atom. The first-order chi connectivity index (χ1) is 14.1. The quantitative estimate of drug-likeness (QED) is 0.556. The van der Waals surface area contributed by atoms with E-state index in [1.54, 1.807) is 0 Å². The highest BCUT2D eigenvalue weighted by atomic mass is 16.2. The zero-order valence-corrected chi connectivity index (χ0v) is 16.6. The van der Waals surface area contributed by atoms with Gasteiger partial charge in [-0.15, -0.1) is 0 Å². The zero-order valence-electron chi connectivity index (χ0n) is 16.6. The number of Topliss-reactive ketones (excluding diaryl/α,β-unsaturated/α-hetero) is 1. The number of nitrogens with one attached hydrogen (secondary N) is 2. The molecule has 5 rings (SSSR count). The lowest BCUT2D eigenvalue weighted by Gasteiger charge is -2.34. The molecule has 2 bridgehead atoms. The van der Waals surface area contributed by atoms with Crippen LogP contribution < -0.4 is 10.6 Å².